The van der Waals surface area contributed by atoms with Gasteiger partial charge in [0.15, 0.2) is 5.78 Å². The van der Waals surface area contributed by atoms with Crippen molar-refractivity contribution in [2.45, 2.75) is 57.4 Å². The van der Waals surface area contributed by atoms with Crippen molar-refractivity contribution < 1.29 is 23.9 Å². The van der Waals surface area contributed by atoms with Gasteiger partial charge in [0.05, 0.1) is 0 Å². The molecule has 2 aliphatic rings. The van der Waals surface area contributed by atoms with Crippen molar-refractivity contribution in [1.29, 1.82) is 0 Å². The number of hydrogen-bond donors (Lipinski definition) is 2. The molecule has 0 atom stereocenters. The maximum Gasteiger partial charge on any atom is 0.300 e. The van der Waals surface area contributed by atoms with Crippen molar-refractivity contribution in [3.05, 3.63) is 35.6 Å². The first-order valence-electron chi connectivity index (χ1n) is 11.0. The van der Waals surface area contributed by atoms with Gasteiger partial charge in [-0.1, -0.05) is 6.42 Å². The van der Waals surface area contributed by atoms with Gasteiger partial charge in [-0.05, 0) is 76.0 Å². The summed E-state index contributed by atoms with van der Waals surface area (Å²) in [4.78, 5) is 38.1. The lowest BCUT2D eigenvalue weighted by molar-refractivity contribution is -0.135. The first-order chi connectivity index (χ1) is 14.7. The van der Waals surface area contributed by atoms with Crippen LogP contribution in [0.15, 0.2) is 24.3 Å². The van der Waals surface area contributed by atoms with E-state index >= 15 is 0 Å². The van der Waals surface area contributed by atoms with Crippen LogP contribution < -0.4 is 5.73 Å². The van der Waals surface area contributed by atoms with E-state index in [2.05, 4.69) is 9.80 Å². The van der Waals surface area contributed by atoms with Crippen molar-refractivity contribution in [3.8, 4) is 0 Å². The number of ketones is 1. The molecule has 0 unspecified atom stereocenters. The third-order valence-corrected chi connectivity index (χ3v) is 6.15. The first-order valence-corrected chi connectivity index (χ1v) is 11.0. The van der Waals surface area contributed by atoms with E-state index in [1.54, 1.807) is 12.1 Å². The fourth-order valence-corrected chi connectivity index (χ4v) is 4.43. The second-order valence-electron chi connectivity index (χ2n) is 8.34. The van der Waals surface area contributed by atoms with Gasteiger partial charge in [0, 0.05) is 32.0 Å². The zero-order chi connectivity index (χ0) is 22.9. The number of hydrogen-bond acceptors (Lipinski definition) is 5. The SMILES string of the molecule is CC(=O)O.NC(=O)C1(N2CCCCC2)CCN(CCCC(=O)c2ccc(F)cc2)CC1. The summed E-state index contributed by atoms with van der Waals surface area (Å²) in [5, 5.41) is 7.42. The number of carboxylic acid groups (broad SMARTS) is 1. The third-order valence-electron chi connectivity index (χ3n) is 6.15. The number of primary amides is 1. The Morgan fingerprint density at radius 2 is 1.58 bits per heavy atom. The summed E-state index contributed by atoms with van der Waals surface area (Å²) in [6.45, 7) is 5.53. The van der Waals surface area contributed by atoms with Gasteiger partial charge in [-0.25, -0.2) is 4.39 Å². The Labute approximate surface area is 183 Å². The average Bonchev–Trinajstić information content (AvgIpc) is 2.75. The molecule has 2 fully saturated rings. The molecule has 0 aliphatic carbocycles. The minimum atomic E-state index is -0.833. The Morgan fingerprint density at radius 3 is 2.10 bits per heavy atom. The molecule has 1 aromatic carbocycles. The number of carboxylic acids is 1. The maximum absolute atomic E-state index is 12.9. The molecule has 31 heavy (non-hydrogen) atoms. The highest BCUT2D eigenvalue weighted by molar-refractivity contribution is 5.95. The molecule has 7 nitrogen and oxygen atoms in total. The van der Waals surface area contributed by atoms with Gasteiger partial charge < -0.3 is 15.7 Å². The Bertz CT molecular complexity index is 736. The highest BCUT2D eigenvalue weighted by atomic mass is 19.1. The van der Waals surface area contributed by atoms with Crippen molar-refractivity contribution >= 4 is 17.7 Å². The van der Waals surface area contributed by atoms with E-state index < -0.39 is 11.5 Å². The molecule has 3 N–H and O–H groups in total. The lowest BCUT2D eigenvalue weighted by Gasteiger charge is -2.48. The fraction of sp³-hybridized carbons (Fsp3) is 0.609. The first kappa shape index (κ1) is 24.9. The second kappa shape index (κ2) is 11.9. The summed E-state index contributed by atoms with van der Waals surface area (Å²) in [6.07, 6.45) is 6.29. The van der Waals surface area contributed by atoms with Crippen molar-refractivity contribution in [2.24, 2.45) is 5.73 Å². The molecule has 0 bridgehead atoms. The van der Waals surface area contributed by atoms with Gasteiger partial charge in [-0.2, -0.15) is 0 Å². The van der Waals surface area contributed by atoms with Gasteiger partial charge in [0.1, 0.15) is 11.4 Å². The average molecular weight is 436 g/mol. The highest BCUT2D eigenvalue weighted by Gasteiger charge is 2.44. The van der Waals surface area contributed by atoms with Crippen LogP contribution in [0.1, 0.15) is 62.2 Å². The van der Waals surface area contributed by atoms with Gasteiger partial charge >= 0.3 is 0 Å². The van der Waals surface area contributed by atoms with Crippen LogP contribution >= 0.6 is 0 Å². The van der Waals surface area contributed by atoms with E-state index in [1.807, 2.05) is 0 Å². The second-order valence-corrected chi connectivity index (χ2v) is 8.34. The molecule has 0 saturated carbocycles. The number of rotatable bonds is 7. The van der Waals surface area contributed by atoms with Crippen LogP contribution in [0.25, 0.3) is 0 Å². The lowest BCUT2D eigenvalue weighted by atomic mass is 9.83. The van der Waals surface area contributed by atoms with E-state index in [-0.39, 0.29) is 17.5 Å². The summed E-state index contributed by atoms with van der Waals surface area (Å²) in [5.74, 6) is -1.30. The smallest absolute Gasteiger partial charge is 0.300 e. The zero-order valence-corrected chi connectivity index (χ0v) is 18.3. The van der Waals surface area contributed by atoms with E-state index in [1.165, 1.54) is 18.6 Å². The standard InChI is InChI=1S/C21H30FN3O2.C2H4O2/c22-18-8-6-17(7-9-18)19(26)5-4-12-24-15-10-21(11-16-24,20(23)27)25-13-2-1-3-14-25;1-2(3)4/h6-9H,1-5,10-16H2,(H2,23,27);1H3,(H,3,4). The molecule has 2 heterocycles. The number of halogens is 1. The Balaban J connectivity index is 0.000000785. The largest absolute Gasteiger partial charge is 0.481 e. The van der Waals surface area contributed by atoms with E-state index in [0.717, 1.165) is 71.8 Å². The molecule has 1 aromatic rings. The minimum absolute atomic E-state index is 0.0480. The van der Waals surface area contributed by atoms with E-state index in [0.29, 0.717) is 12.0 Å². The van der Waals surface area contributed by atoms with Crippen LogP contribution in [-0.4, -0.2) is 70.8 Å². The van der Waals surface area contributed by atoms with Gasteiger partial charge in [-0.15, -0.1) is 0 Å². The van der Waals surface area contributed by atoms with Crippen LogP contribution in [0, 0.1) is 5.82 Å². The number of benzene rings is 1. The zero-order valence-electron chi connectivity index (χ0n) is 18.3. The molecule has 0 aromatic heterocycles. The number of nitrogens with zero attached hydrogens (tertiary/aromatic N) is 2. The molecule has 0 radical (unpaired) electrons. The van der Waals surface area contributed by atoms with E-state index in [9.17, 15) is 14.0 Å². The van der Waals surface area contributed by atoms with Crippen LogP contribution in [0.2, 0.25) is 0 Å². The number of carbonyl (C=O) groups excluding carboxylic acids is 2. The Kier molecular flexibility index (Phi) is 9.58. The molecule has 8 heteroatoms. The molecular weight excluding hydrogens is 401 g/mol. The number of nitrogens with two attached hydrogens (primary N) is 1. The number of likely N-dealkylation sites (tertiary alicyclic amines) is 2. The number of Topliss-reactive ketones (excluding diaryl/α,β-unsaturated/α-hetero) is 1. The molecular formula is C23H34FN3O4. The molecule has 1 amide bonds. The van der Waals surface area contributed by atoms with Crippen LogP contribution in [0.3, 0.4) is 0 Å². The van der Waals surface area contributed by atoms with Crippen molar-refractivity contribution in [2.75, 3.05) is 32.7 Å². The van der Waals surface area contributed by atoms with Gasteiger partial charge in [-0.3, -0.25) is 19.3 Å². The number of aliphatic carboxylic acids is 1. The molecule has 0 spiro atoms. The summed E-state index contributed by atoms with van der Waals surface area (Å²) < 4.78 is 12.9. The molecule has 2 aliphatic heterocycles. The predicted octanol–water partition coefficient (Wildman–Crippen LogP) is 2.69. The number of amides is 1. The Morgan fingerprint density at radius 1 is 1.03 bits per heavy atom. The molecule has 172 valence electrons. The normalized spacial score (nSPS) is 19.2. The monoisotopic (exact) mass is 435 g/mol. The summed E-state index contributed by atoms with van der Waals surface area (Å²) in [5.41, 5.74) is 5.90. The Hall–Kier alpha value is -2.32. The summed E-state index contributed by atoms with van der Waals surface area (Å²) in [7, 11) is 0. The third kappa shape index (κ3) is 7.40. The van der Waals surface area contributed by atoms with Crippen LogP contribution in [-0.2, 0) is 9.59 Å². The fourth-order valence-electron chi connectivity index (χ4n) is 4.43. The summed E-state index contributed by atoms with van der Waals surface area (Å²) in [6, 6.07) is 5.72. The predicted molar refractivity (Wildman–Crippen MR) is 116 cm³/mol. The number of carbonyl (C=O) groups is 3. The topological polar surface area (TPSA) is 104 Å². The summed E-state index contributed by atoms with van der Waals surface area (Å²) >= 11 is 0. The molecule has 3 rings (SSSR count). The molecule has 2 saturated heterocycles. The van der Waals surface area contributed by atoms with Gasteiger partial charge in [0.2, 0.25) is 5.91 Å². The number of piperidine rings is 2. The maximum atomic E-state index is 12.9. The quantitative estimate of drug-likeness (QED) is 0.638. The van der Waals surface area contributed by atoms with Crippen molar-refractivity contribution in [3.63, 3.8) is 0 Å². The van der Waals surface area contributed by atoms with Crippen LogP contribution in [0.5, 0.6) is 0 Å². The highest BCUT2D eigenvalue weighted by Crippen LogP contribution is 2.31. The van der Waals surface area contributed by atoms with Gasteiger partial charge in [0.25, 0.3) is 5.97 Å². The lowest BCUT2D eigenvalue weighted by Crippen LogP contribution is -2.63. The minimum Gasteiger partial charge on any atom is -0.481 e. The van der Waals surface area contributed by atoms with E-state index in [4.69, 9.17) is 15.6 Å². The van der Waals surface area contributed by atoms with Crippen LogP contribution in [0.4, 0.5) is 4.39 Å². The van der Waals surface area contributed by atoms with Crippen molar-refractivity contribution in [1.82, 2.24) is 9.80 Å².